The molecule has 0 saturated carbocycles. The number of alkyl halides is 1. The predicted octanol–water partition coefficient (Wildman–Crippen LogP) is 3.48. The molecule has 84 valence electrons. The Bertz CT molecular complexity index is 279. The summed E-state index contributed by atoms with van der Waals surface area (Å²) in [6.45, 7) is 2.20. The van der Waals surface area contributed by atoms with Gasteiger partial charge in [-0.3, -0.25) is 0 Å². The zero-order valence-electron chi connectivity index (χ0n) is 9.83. The van der Waals surface area contributed by atoms with Gasteiger partial charge in [0.05, 0.1) is 0 Å². The van der Waals surface area contributed by atoms with E-state index in [4.69, 9.17) is 11.6 Å². The highest BCUT2D eigenvalue weighted by Crippen LogP contribution is 2.20. The van der Waals surface area contributed by atoms with Crippen LogP contribution in [0.5, 0.6) is 0 Å². The maximum atomic E-state index is 5.96. The molecule has 2 heteroatoms. The molecular weight excluding hydrogens is 206 g/mol. The minimum absolute atomic E-state index is 0.322. The summed E-state index contributed by atoms with van der Waals surface area (Å²) in [5.41, 5.74) is 2.71. The first-order valence-corrected chi connectivity index (χ1v) is 6.03. The van der Waals surface area contributed by atoms with Gasteiger partial charge in [-0.1, -0.05) is 37.6 Å². The van der Waals surface area contributed by atoms with Crippen LogP contribution >= 0.6 is 11.6 Å². The lowest BCUT2D eigenvalue weighted by atomic mass is 10.0. The quantitative estimate of drug-likeness (QED) is 0.694. The third-order valence-corrected chi connectivity index (χ3v) is 2.96. The summed E-state index contributed by atoms with van der Waals surface area (Å²) in [6, 6.07) is 9.13. The molecule has 0 aromatic heterocycles. The van der Waals surface area contributed by atoms with Gasteiger partial charge in [0.1, 0.15) is 0 Å². The van der Waals surface area contributed by atoms with E-state index < -0.39 is 0 Å². The molecule has 15 heavy (non-hydrogen) atoms. The van der Waals surface area contributed by atoms with Crippen molar-refractivity contribution in [2.45, 2.75) is 25.8 Å². The SMILES string of the molecule is CCCc1ccc(C(CCl)N(C)C)cc1. The highest BCUT2D eigenvalue weighted by atomic mass is 35.5. The minimum Gasteiger partial charge on any atom is -0.301 e. The predicted molar refractivity (Wildman–Crippen MR) is 67.6 cm³/mol. The molecule has 0 radical (unpaired) electrons. The maximum absolute atomic E-state index is 5.96. The lowest BCUT2D eigenvalue weighted by Gasteiger charge is -2.22. The number of benzene rings is 1. The molecule has 0 fully saturated rings. The van der Waals surface area contributed by atoms with E-state index in [1.54, 1.807) is 0 Å². The second kappa shape index (κ2) is 6.14. The van der Waals surface area contributed by atoms with Crippen LogP contribution in [-0.2, 0) is 6.42 Å². The van der Waals surface area contributed by atoms with Crippen molar-refractivity contribution in [3.8, 4) is 0 Å². The Morgan fingerprint density at radius 1 is 1.20 bits per heavy atom. The molecule has 1 aromatic rings. The molecule has 1 aromatic carbocycles. The van der Waals surface area contributed by atoms with Gasteiger partial charge in [-0.05, 0) is 31.6 Å². The normalized spacial score (nSPS) is 13.1. The third-order valence-electron chi connectivity index (χ3n) is 2.67. The van der Waals surface area contributed by atoms with Gasteiger partial charge in [-0.2, -0.15) is 0 Å². The van der Waals surface area contributed by atoms with Crippen LogP contribution in [0.1, 0.15) is 30.5 Å². The smallest absolute Gasteiger partial charge is 0.0477 e. The molecule has 0 spiro atoms. The standard InChI is InChI=1S/C13H20ClN/c1-4-5-11-6-8-12(9-7-11)13(10-14)15(2)3/h6-9,13H,4-5,10H2,1-3H3. The van der Waals surface area contributed by atoms with E-state index in [0.717, 1.165) is 6.42 Å². The van der Waals surface area contributed by atoms with E-state index in [9.17, 15) is 0 Å². The van der Waals surface area contributed by atoms with Crippen molar-refractivity contribution < 1.29 is 0 Å². The van der Waals surface area contributed by atoms with E-state index in [0.29, 0.717) is 11.9 Å². The Balaban J connectivity index is 2.77. The van der Waals surface area contributed by atoms with Crippen molar-refractivity contribution in [1.82, 2.24) is 4.90 Å². The van der Waals surface area contributed by atoms with Gasteiger partial charge in [-0.15, -0.1) is 11.6 Å². The summed E-state index contributed by atoms with van der Waals surface area (Å²) >= 11 is 5.96. The van der Waals surface area contributed by atoms with E-state index >= 15 is 0 Å². The van der Waals surface area contributed by atoms with Crippen LogP contribution in [0, 0.1) is 0 Å². The average molecular weight is 226 g/mol. The Labute approximate surface area is 98.0 Å². The Hall–Kier alpha value is -0.530. The molecule has 0 heterocycles. The van der Waals surface area contributed by atoms with Crippen molar-refractivity contribution in [2.24, 2.45) is 0 Å². The molecule has 1 nitrogen and oxygen atoms in total. The Morgan fingerprint density at radius 2 is 1.80 bits per heavy atom. The summed E-state index contributed by atoms with van der Waals surface area (Å²) in [6.07, 6.45) is 2.36. The summed E-state index contributed by atoms with van der Waals surface area (Å²) < 4.78 is 0. The topological polar surface area (TPSA) is 3.24 Å². The van der Waals surface area contributed by atoms with Crippen LogP contribution in [0.4, 0.5) is 0 Å². The van der Waals surface area contributed by atoms with E-state index in [-0.39, 0.29) is 0 Å². The molecular formula is C13H20ClN. The van der Waals surface area contributed by atoms with Gasteiger partial charge >= 0.3 is 0 Å². The lowest BCUT2D eigenvalue weighted by molar-refractivity contribution is 0.324. The summed E-state index contributed by atoms with van der Waals surface area (Å²) in [5, 5.41) is 0. The van der Waals surface area contributed by atoms with E-state index in [1.807, 2.05) is 0 Å². The molecule has 0 saturated heterocycles. The van der Waals surface area contributed by atoms with Crippen molar-refractivity contribution in [3.05, 3.63) is 35.4 Å². The highest BCUT2D eigenvalue weighted by molar-refractivity contribution is 6.18. The van der Waals surface area contributed by atoms with Crippen molar-refractivity contribution >= 4 is 11.6 Å². The van der Waals surface area contributed by atoms with Gasteiger partial charge in [0, 0.05) is 11.9 Å². The fourth-order valence-corrected chi connectivity index (χ4v) is 2.17. The second-order valence-corrected chi connectivity index (χ2v) is 4.43. The molecule has 0 bridgehead atoms. The number of hydrogen-bond donors (Lipinski definition) is 0. The average Bonchev–Trinajstić information content (AvgIpc) is 2.21. The van der Waals surface area contributed by atoms with Gasteiger partial charge in [0.15, 0.2) is 0 Å². The van der Waals surface area contributed by atoms with E-state index in [1.165, 1.54) is 17.5 Å². The fourth-order valence-electron chi connectivity index (χ4n) is 1.72. The first kappa shape index (κ1) is 12.5. The Morgan fingerprint density at radius 3 is 2.20 bits per heavy atom. The molecule has 0 aliphatic carbocycles. The van der Waals surface area contributed by atoms with Crippen LogP contribution in [0.2, 0.25) is 0 Å². The molecule has 0 aliphatic rings. The Kier molecular flexibility index (Phi) is 5.13. The molecule has 1 atom stereocenters. The zero-order valence-corrected chi connectivity index (χ0v) is 10.6. The van der Waals surface area contributed by atoms with Gasteiger partial charge in [-0.25, -0.2) is 0 Å². The third kappa shape index (κ3) is 3.51. The van der Waals surface area contributed by atoms with Crippen molar-refractivity contribution in [2.75, 3.05) is 20.0 Å². The highest BCUT2D eigenvalue weighted by Gasteiger charge is 2.11. The largest absolute Gasteiger partial charge is 0.301 e. The van der Waals surface area contributed by atoms with Crippen molar-refractivity contribution in [1.29, 1.82) is 0 Å². The molecule has 0 aliphatic heterocycles. The van der Waals surface area contributed by atoms with Gasteiger partial charge in [0.2, 0.25) is 0 Å². The van der Waals surface area contributed by atoms with Crippen LogP contribution < -0.4 is 0 Å². The number of rotatable bonds is 5. The van der Waals surface area contributed by atoms with Crippen LogP contribution in [0.25, 0.3) is 0 Å². The number of aryl methyl sites for hydroxylation is 1. The number of nitrogens with zero attached hydrogens (tertiary/aromatic N) is 1. The van der Waals surface area contributed by atoms with Crippen LogP contribution in [-0.4, -0.2) is 24.9 Å². The van der Waals surface area contributed by atoms with Crippen LogP contribution in [0.15, 0.2) is 24.3 Å². The van der Waals surface area contributed by atoms with Crippen LogP contribution in [0.3, 0.4) is 0 Å². The monoisotopic (exact) mass is 225 g/mol. The second-order valence-electron chi connectivity index (χ2n) is 4.13. The summed E-state index contributed by atoms with van der Waals surface area (Å²) in [5.74, 6) is 0.639. The molecule has 0 N–H and O–H groups in total. The summed E-state index contributed by atoms with van der Waals surface area (Å²) in [4.78, 5) is 2.15. The van der Waals surface area contributed by atoms with Gasteiger partial charge in [0.25, 0.3) is 0 Å². The van der Waals surface area contributed by atoms with Crippen molar-refractivity contribution in [3.63, 3.8) is 0 Å². The lowest BCUT2D eigenvalue weighted by Crippen LogP contribution is -2.21. The molecule has 1 unspecified atom stereocenters. The zero-order chi connectivity index (χ0) is 11.3. The summed E-state index contributed by atoms with van der Waals surface area (Å²) in [7, 11) is 4.13. The number of halogens is 1. The first-order chi connectivity index (χ1) is 7.19. The number of hydrogen-bond acceptors (Lipinski definition) is 1. The van der Waals surface area contributed by atoms with E-state index in [2.05, 4.69) is 50.2 Å². The first-order valence-electron chi connectivity index (χ1n) is 5.50. The fraction of sp³-hybridized carbons (Fsp3) is 0.538. The molecule has 0 amide bonds. The maximum Gasteiger partial charge on any atom is 0.0477 e. The minimum atomic E-state index is 0.322. The molecule has 1 rings (SSSR count). The van der Waals surface area contributed by atoms with Gasteiger partial charge < -0.3 is 4.90 Å².